The molecule has 134 valence electrons. The lowest BCUT2D eigenvalue weighted by atomic mass is 10.2. The highest BCUT2D eigenvalue weighted by Gasteiger charge is 2.18. The fourth-order valence-electron chi connectivity index (χ4n) is 2.49. The zero-order valence-electron chi connectivity index (χ0n) is 14.7. The molecular formula is C19H19ClN4O2. The predicted octanol–water partition coefficient (Wildman–Crippen LogP) is 4.27. The first-order valence-corrected chi connectivity index (χ1v) is 8.57. The Hall–Kier alpha value is -2.86. The van der Waals surface area contributed by atoms with E-state index in [1.54, 1.807) is 29.1 Å². The maximum Gasteiger partial charge on any atom is 0.259 e. The number of nitrogens with zero attached hydrogens (tertiary/aromatic N) is 3. The molecule has 0 saturated heterocycles. The monoisotopic (exact) mass is 370 g/mol. The number of aromatic nitrogens is 3. The van der Waals surface area contributed by atoms with E-state index in [1.165, 1.54) is 6.20 Å². The first-order chi connectivity index (χ1) is 12.5. The van der Waals surface area contributed by atoms with Crippen molar-refractivity contribution in [1.82, 2.24) is 14.8 Å². The summed E-state index contributed by atoms with van der Waals surface area (Å²) in [6.45, 7) is 5.62. The molecule has 3 aromatic rings. The Labute approximate surface area is 156 Å². The lowest BCUT2D eigenvalue weighted by molar-refractivity contribution is 0.102. The highest BCUT2D eigenvalue weighted by Crippen LogP contribution is 2.34. The summed E-state index contributed by atoms with van der Waals surface area (Å²) < 4.78 is 7.36. The third-order valence-corrected chi connectivity index (χ3v) is 3.99. The summed E-state index contributed by atoms with van der Waals surface area (Å²) in [5.74, 6) is 0.809. The number of anilines is 1. The Balaban J connectivity index is 1.88. The van der Waals surface area contributed by atoms with E-state index in [4.69, 9.17) is 16.3 Å². The molecule has 7 heteroatoms. The van der Waals surface area contributed by atoms with Crippen LogP contribution in [-0.2, 0) is 0 Å². The zero-order chi connectivity index (χ0) is 18.7. The van der Waals surface area contributed by atoms with Gasteiger partial charge in [-0.3, -0.25) is 4.79 Å². The molecule has 0 atom stereocenters. The molecule has 0 aliphatic rings. The van der Waals surface area contributed by atoms with E-state index in [-0.39, 0.29) is 12.0 Å². The molecule has 0 unspecified atom stereocenters. The Morgan fingerprint density at radius 1 is 1.23 bits per heavy atom. The second kappa shape index (κ2) is 7.58. The minimum Gasteiger partial charge on any atom is -0.487 e. The predicted molar refractivity (Wildman–Crippen MR) is 101 cm³/mol. The van der Waals surface area contributed by atoms with E-state index < -0.39 is 0 Å². The molecule has 6 nitrogen and oxygen atoms in total. The number of pyridine rings is 1. The van der Waals surface area contributed by atoms with Crippen molar-refractivity contribution in [3.63, 3.8) is 0 Å². The van der Waals surface area contributed by atoms with Crippen LogP contribution >= 0.6 is 11.6 Å². The number of benzene rings is 1. The Bertz CT molecular complexity index is 923. The molecule has 1 N–H and O–H groups in total. The summed E-state index contributed by atoms with van der Waals surface area (Å²) >= 11 is 6.22. The minimum absolute atomic E-state index is 0.0702. The standard InChI is InChI=1S/C19H19ClN4O2/c1-12(2)26-18-15(20)7-6-8-16(18)23-19(25)14-11-22-24(13(14)3)17-9-4-5-10-21-17/h4-12H,1-3H3,(H,23,25). The lowest BCUT2D eigenvalue weighted by Gasteiger charge is -2.16. The molecule has 0 radical (unpaired) electrons. The van der Waals surface area contributed by atoms with Crippen molar-refractivity contribution < 1.29 is 9.53 Å². The molecule has 0 bridgehead atoms. The lowest BCUT2D eigenvalue weighted by Crippen LogP contribution is -2.15. The van der Waals surface area contributed by atoms with Crippen LogP contribution in [0.4, 0.5) is 5.69 Å². The quantitative estimate of drug-likeness (QED) is 0.728. The number of rotatable bonds is 5. The summed E-state index contributed by atoms with van der Waals surface area (Å²) in [7, 11) is 0. The van der Waals surface area contributed by atoms with Crippen LogP contribution in [0.15, 0.2) is 48.8 Å². The summed E-state index contributed by atoms with van der Waals surface area (Å²) in [6, 6.07) is 10.7. The molecular weight excluding hydrogens is 352 g/mol. The van der Waals surface area contributed by atoms with Gasteiger partial charge in [-0.25, -0.2) is 9.67 Å². The highest BCUT2D eigenvalue weighted by molar-refractivity contribution is 6.32. The summed E-state index contributed by atoms with van der Waals surface area (Å²) in [5.41, 5.74) is 1.65. The van der Waals surface area contributed by atoms with E-state index in [2.05, 4.69) is 15.4 Å². The van der Waals surface area contributed by atoms with Crippen molar-refractivity contribution in [3.05, 3.63) is 65.1 Å². The van der Waals surface area contributed by atoms with Crippen LogP contribution in [0.3, 0.4) is 0 Å². The van der Waals surface area contributed by atoms with Crippen LogP contribution in [0.25, 0.3) is 5.82 Å². The number of amides is 1. The van der Waals surface area contributed by atoms with Crippen LogP contribution < -0.4 is 10.1 Å². The number of carbonyl (C=O) groups is 1. The van der Waals surface area contributed by atoms with E-state index >= 15 is 0 Å². The van der Waals surface area contributed by atoms with E-state index in [1.807, 2.05) is 39.0 Å². The molecule has 1 aromatic carbocycles. The minimum atomic E-state index is -0.291. The van der Waals surface area contributed by atoms with Gasteiger partial charge >= 0.3 is 0 Å². The van der Waals surface area contributed by atoms with E-state index in [0.717, 1.165) is 0 Å². The van der Waals surface area contributed by atoms with Crippen molar-refractivity contribution in [2.75, 3.05) is 5.32 Å². The van der Waals surface area contributed by atoms with Gasteiger partial charge in [0.25, 0.3) is 5.91 Å². The maximum atomic E-state index is 12.7. The number of ether oxygens (including phenoxy) is 1. The van der Waals surface area contributed by atoms with Crippen LogP contribution in [0.1, 0.15) is 29.9 Å². The van der Waals surface area contributed by atoms with Gasteiger partial charge in [0.1, 0.15) is 0 Å². The van der Waals surface area contributed by atoms with Gasteiger partial charge in [-0.1, -0.05) is 23.7 Å². The van der Waals surface area contributed by atoms with Gasteiger partial charge in [-0.15, -0.1) is 0 Å². The molecule has 0 aliphatic heterocycles. The van der Waals surface area contributed by atoms with Gasteiger partial charge in [-0.2, -0.15) is 5.10 Å². The highest BCUT2D eigenvalue weighted by atomic mass is 35.5. The van der Waals surface area contributed by atoms with Crippen molar-refractivity contribution in [1.29, 1.82) is 0 Å². The first-order valence-electron chi connectivity index (χ1n) is 8.20. The molecule has 1 amide bonds. The number of nitrogens with one attached hydrogen (secondary N) is 1. The second-order valence-electron chi connectivity index (χ2n) is 5.98. The van der Waals surface area contributed by atoms with Gasteiger partial charge < -0.3 is 10.1 Å². The summed E-state index contributed by atoms with van der Waals surface area (Å²) in [5, 5.41) is 7.57. The maximum absolute atomic E-state index is 12.7. The molecule has 2 aromatic heterocycles. The number of para-hydroxylation sites is 1. The number of hydrogen-bond acceptors (Lipinski definition) is 4. The molecule has 2 heterocycles. The van der Waals surface area contributed by atoms with E-state index in [0.29, 0.717) is 33.5 Å². The average Bonchev–Trinajstić information content (AvgIpc) is 3.00. The van der Waals surface area contributed by atoms with E-state index in [9.17, 15) is 4.79 Å². The topological polar surface area (TPSA) is 69.0 Å². The second-order valence-corrected chi connectivity index (χ2v) is 6.39. The van der Waals surface area contributed by atoms with Gasteiger partial charge in [0.2, 0.25) is 0 Å². The summed E-state index contributed by atoms with van der Waals surface area (Å²) in [4.78, 5) is 17.0. The molecule has 0 aliphatic carbocycles. The van der Waals surface area contributed by atoms with Crippen molar-refractivity contribution >= 4 is 23.2 Å². The zero-order valence-corrected chi connectivity index (χ0v) is 15.5. The Morgan fingerprint density at radius 3 is 2.73 bits per heavy atom. The van der Waals surface area contributed by atoms with Gasteiger partial charge in [0.15, 0.2) is 11.6 Å². The number of carbonyl (C=O) groups excluding carboxylic acids is 1. The number of hydrogen-bond donors (Lipinski definition) is 1. The molecule has 0 saturated carbocycles. The Morgan fingerprint density at radius 2 is 2.04 bits per heavy atom. The number of halogens is 1. The Kier molecular flexibility index (Phi) is 5.23. The SMILES string of the molecule is Cc1c(C(=O)Nc2cccc(Cl)c2OC(C)C)cnn1-c1ccccn1. The smallest absolute Gasteiger partial charge is 0.259 e. The average molecular weight is 371 g/mol. The van der Waals surface area contributed by atoms with Gasteiger partial charge in [0.05, 0.1) is 34.3 Å². The first kappa shape index (κ1) is 17.9. The van der Waals surface area contributed by atoms with Crippen molar-refractivity contribution in [3.8, 4) is 11.6 Å². The van der Waals surface area contributed by atoms with Gasteiger partial charge in [0, 0.05) is 6.20 Å². The fourth-order valence-corrected chi connectivity index (χ4v) is 2.71. The third kappa shape index (κ3) is 3.70. The molecule has 0 fully saturated rings. The normalized spacial score (nSPS) is 10.8. The molecule has 26 heavy (non-hydrogen) atoms. The van der Waals surface area contributed by atoms with Crippen LogP contribution in [-0.4, -0.2) is 26.8 Å². The van der Waals surface area contributed by atoms with Gasteiger partial charge in [-0.05, 0) is 45.0 Å². The van der Waals surface area contributed by atoms with Crippen LogP contribution in [0.2, 0.25) is 5.02 Å². The third-order valence-electron chi connectivity index (χ3n) is 3.69. The fraction of sp³-hybridized carbons (Fsp3) is 0.211. The van der Waals surface area contributed by atoms with Crippen molar-refractivity contribution in [2.45, 2.75) is 26.9 Å². The largest absolute Gasteiger partial charge is 0.487 e. The van der Waals surface area contributed by atoms with Crippen molar-refractivity contribution in [2.24, 2.45) is 0 Å². The van der Waals surface area contributed by atoms with Crippen LogP contribution in [0.5, 0.6) is 5.75 Å². The molecule has 0 spiro atoms. The summed E-state index contributed by atoms with van der Waals surface area (Å²) in [6.07, 6.45) is 3.13. The van der Waals surface area contributed by atoms with Crippen LogP contribution in [0, 0.1) is 6.92 Å². The molecule has 3 rings (SSSR count).